The Balaban J connectivity index is 1.60. The first kappa shape index (κ1) is 26.0. The average molecular weight is 563 g/mol. The van der Waals surface area contributed by atoms with Gasteiger partial charge in [0, 0.05) is 21.2 Å². The zero-order chi connectivity index (χ0) is 26.7. The van der Waals surface area contributed by atoms with Crippen LogP contribution in [0.4, 0.5) is 11.4 Å². The lowest BCUT2D eigenvalue weighted by atomic mass is 10.1. The van der Waals surface area contributed by atoms with E-state index in [9.17, 15) is 14.4 Å². The quantitative estimate of drug-likeness (QED) is 0.263. The minimum atomic E-state index is -0.907. The number of aryl methyl sites for hydroxylation is 3. The van der Waals surface area contributed by atoms with Crippen LogP contribution in [0.25, 0.3) is 10.9 Å². The lowest BCUT2D eigenvalue weighted by Gasteiger charge is -2.15. The summed E-state index contributed by atoms with van der Waals surface area (Å²) in [5.74, 6) is -1.51. The molecule has 0 saturated carbocycles. The van der Waals surface area contributed by atoms with Crippen LogP contribution >= 0.6 is 15.9 Å². The minimum Gasteiger partial charge on any atom is -0.494 e. The number of carbonyl (C=O) groups excluding carboxylic acids is 3. The number of anilines is 2. The number of halogens is 1. The van der Waals surface area contributed by atoms with Crippen LogP contribution in [-0.2, 0) is 9.59 Å². The van der Waals surface area contributed by atoms with Gasteiger partial charge in [0.2, 0.25) is 0 Å². The van der Waals surface area contributed by atoms with E-state index in [0.717, 1.165) is 21.2 Å². The van der Waals surface area contributed by atoms with Gasteiger partial charge in [0.05, 0.1) is 12.1 Å². The molecule has 9 heteroatoms. The first-order chi connectivity index (χ1) is 17.7. The number of fused-ring (bicyclic) bond motifs is 1. The van der Waals surface area contributed by atoms with Crippen molar-refractivity contribution in [3.05, 3.63) is 87.5 Å². The molecule has 8 nitrogen and oxygen atoms in total. The van der Waals surface area contributed by atoms with Crippen molar-refractivity contribution in [1.82, 2.24) is 4.68 Å². The number of hydrogen-bond donors (Lipinski definition) is 3. The number of carbonyl (C=O) groups is 3. The van der Waals surface area contributed by atoms with Gasteiger partial charge >= 0.3 is 11.8 Å². The summed E-state index contributed by atoms with van der Waals surface area (Å²) in [5.41, 5.74) is 7.21. The topological polar surface area (TPSA) is 101 Å². The van der Waals surface area contributed by atoms with Crippen LogP contribution in [0.1, 0.15) is 34.1 Å². The van der Waals surface area contributed by atoms with E-state index in [4.69, 9.17) is 4.74 Å². The van der Waals surface area contributed by atoms with E-state index >= 15 is 0 Å². The second kappa shape index (κ2) is 10.9. The fourth-order valence-electron chi connectivity index (χ4n) is 4.17. The lowest BCUT2D eigenvalue weighted by molar-refractivity contribution is -0.133. The number of benzene rings is 3. The summed E-state index contributed by atoms with van der Waals surface area (Å²) in [6, 6.07) is 17.8. The summed E-state index contributed by atoms with van der Waals surface area (Å²) in [4.78, 5) is 39.0. The highest BCUT2D eigenvalue weighted by atomic mass is 79.9. The SMILES string of the molecule is CCOc1ccc(NC(=O)c2cc3cc(Br)ccc3n2NC(=O)C(=O)Nc2c(C)cc(C)cc2C)cc1. The first-order valence-corrected chi connectivity index (χ1v) is 12.5. The largest absolute Gasteiger partial charge is 0.494 e. The number of rotatable bonds is 6. The molecule has 0 unspecified atom stereocenters. The summed E-state index contributed by atoms with van der Waals surface area (Å²) < 4.78 is 7.58. The third-order valence-electron chi connectivity index (χ3n) is 5.75. The van der Waals surface area contributed by atoms with Crippen molar-refractivity contribution in [2.45, 2.75) is 27.7 Å². The number of ether oxygens (including phenoxy) is 1. The Kier molecular flexibility index (Phi) is 7.63. The minimum absolute atomic E-state index is 0.158. The molecule has 4 rings (SSSR count). The molecule has 0 radical (unpaired) electrons. The third kappa shape index (κ3) is 5.83. The molecular weight excluding hydrogens is 536 g/mol. The van der Waals surface area contributed by atoms with Gasteiger partial charge in [-0.05, 0) is 87.4 Å². The van der Waals surface area contributed by atoms with Crippen molar-refractivity contribution < 1.29 is 19.1 Å². The molecule has 0 aliphatic heterocycles. The van der Waals surface area contributed by atoms with E-state index in [1.807, 2.05) is 45.9 Å². The summed E-state index contributed by atoms with van der Waals surface area (Å²) >= 11 is 3.43. The molecule has 4 aromatic rings. The maximum absolute atomic E-state index is 13.2. The number of nitrogens with zero attached hydrogens (tertiary/aromatic N) is 1. The molecular formula is C28H27BrN4O4. The third-order valence-corrected chi connectivity index (χ3v) is 6.25. The van der Waals surface area contributed by atoms with Crippen LogP contribution < -0.4 is 20.8 Å². The summed E-state index contributed by atoms with van der Waals surface area (Å²) in [5, 5.41) is 6.23. The van der Waals surface area contributed by atoms with E-state index in [1.54, 1.807) is 42.5 Å². The molecule has 3 amide bonds. The van der Waals surface area contributed by atoms with Crippen LogP contribution in [0.3, 0.4) is 0 Å². The van der Waals surface area contributed by atoms with Gasteiger partial charge < -0.3 is 15.4 Å². The zero-order valence-electron chi connectivity index (χ0n) is 20.9. The van der Waals surface area contributed by atoms with Crippen molar-refractivity contribution in [3.63, 3.8) is 0 Å². The smallest absolute Gasteiger partial charge is 0.328 e. The maximum atomic E-state index is 13.2. The van der Waals surface area contributed by atoms with Crippen molar-refractivity contribution >= 4 is 55.9 Å². The summed E-state index contributed by atoms with van der Waals surface area (Å²) in [6.07, 6.45) is 0. The van der Waals surface area contributed by atoms with Crippen molar-refractivity contribution in [3.8, 4) is 5.75 Å². The van der Waals surface area contributed by atoms with Crippen LogP contribution in [0.2, 0.25) is 0 Å². The van der Waals surface area contributed by atoms with Gasteiger partial charge in [-0.1, -0.05) is 33.6 Å². The molecule has 1 aromatic heterocycles. The van der Waals surface area contributed by atoms with Gasteiger partial charge in [0.25, 0.3) is 5.91 Å². The fourth-order valence-corrected chi connectivity index (χ4v) is 4.55. The molecule has 0 saturated heterocycles. The van der Waals surface area contributed by atoms with Gasteiger partial charge in [0.1, 0.15) is 11.4 Å². The van der Waals surface area contributed by atoms with E-state index < -0.39 is 17.7 Å². The Labute approximate surface area is 223 Å². The predicted octanol–water partition coefficient (Wildman–Crippen LogP) is 5.69. The van der Waals surface area contributed by atoms with E-state index in [0.29, 0.717) is 34.6 Å². The van der Waals surface area contributed by atoms with E-state index in [-0.39, 0.29) is 5.69 Å². The van der Waals surface area contributed by atoms with Crippen LogP contribution in [0.5, 0.6) is 5.75 Å². The number of hydrogen-bond acceptors (Lipinski definition) is 4. The van der Waals surface area contributed by atoms with Crippen LogP contribution in [-0.4, -0.2) is 29.0 Å². The van der Waals surface area contributed by atoms with Crippen LogP contribution in [0.15, 0.2) is 65.1 Å². The number of aromatic nitrogens is 1. The van der Waals surface area contributed by atoms with Gasteiger partial charge in [-0.25, -0.2) is 4.68 Å². The van der Waals surface area contributed by atoms with Crippen molar-refractivity contribution in [1.29, 1.82) is 0 Å². The lowest BCUT2D eigenvalue weighted by Crippen LogP contribution is -2.36. The molecule has 1 heterocycles. The second-order valence-corrected chi connectivity index (χ2v) is 9.56. The Morgan fingerprint density at radius 2 is 1.54 bits per heavy atom. The molecule has 0 aliphatic rings. The molecule has 0 fully saturated rings. The van der Waals surface area contributed by atoms with Crippen molar-refractivity contribution in [2.24, 2.45) is 0 Å². The zero-order valence-corrected chi connectivity index (χ0v) is 22.5. The van der Waals surface area contributed by atoms with Crippen LogP contribution in [0, 0.1) is 20.8 Å². The number of amides is 3. The first-order valence-electron chi connectivity index (χ1n) is 11.7. The molecule has 3 aromatic carbocycles. The summed E-state index contributed by atoms with van der Waals surface area (Å²) in [6.45, 7) is 8.14. The van der Waals surface area contributed by atoms with Gasteiger partial charge in [-0.3, -0.25) is 19.8 Å². The fraction of sp³-hybridized carbons (Fsp3) is 0.179. The Morgan fingerprint density at radius 1 is 0.865 bits per heavy atom. The normalized spacial score (nSPS) is 10.7. The summed E-state index contributed by atoms with van der Waals surface area (Å²) in [7, 11) is 0. The molecule has 190 valence electrons. The standard InChI is InChI=1S/C28H27BrN4O4/c1-5-37-22-9-7-21(8-10-22)30-26(34)24-15-19-14-20(29)6-11-23(19)33(24)32-28(36)27(35)31-25-17(3)12-16(2)13-18(25)4/h6-15H,5H2,1-4H3,(H,30,34)(H,31,35)(H,32,36). The molecule has 0 aliphatic carbocycles. The molecule has 0 atom stereocenters. The molecule has 0 bridgehead atoms. The molecule has 0 spiro atoms. The molecule has 3 N–H and O–H groups in total. The van der Waals surface area contributed by atoms with E-state index in [1.165, 1.54) is 4.68 Å². The highest BCUT2D eigenvalue weighted by Gasteiger charge is 2.22. The Hall–Kier alpha value is -4.11. The average Bonchev–Trinajstić information content (AvgIpc) is 3.19. The van der Waals surface area contributed by atoms with Crippen molar-refractivity contribution in [2.75, 3.05) is 22.7 Å². The highest BCUT2D eigenvalue weighted by Crippen LogP contribution is 2.25. The second-order valence-electron chi connectivity index (χ2n) is 8.65. The Bertz CT molecular complexity index is 1490. The number of nitrogens with one attached hydrogen (secondary N) is 3. The highest BCUT2D eigenvalue weighted by molar-refractivity contribution is 9.10. The Morgan fingerprint density at radius 3 is 2.19 bits per heavy atom. The maximum Gasteiger partial charge on any atom is 0.328 e. The molecule has 37 heavy (non-hydrogen) atoms. The van der Waals surface area contributed by atoms with Gasteiger partial charge in [0.15, 0.2) is 0 Å². The monoisotopic (exact) mass is 562 g/mol. The van der Waals surface area contributed by atoms with E-state index in [2.05, 4.69) is 32.0 Å². The predicted molar refractivity (Wildman–Crippen MR) is 149 cm³/mol. The van der Waals surface area contributed by atoms with Gasteiger partial charge in [-0.15, -0.1) is 0 Å². The van der Waals surface area contributed by atoms with Gasteiger partial charge in [-0.2, -0.15) is 0 Å².